The van der Waals surface area contributed by atoms with Gasteiger partial charge in [-0.25, -0.2) is 0 Å². The molecule has 2 atom stereocenters. The number of nitrogens with zero attached hydrogens (tertiary/aromatic N) is 2. The van der Waals surface area contributed by atoms with Gasteiger partial charge in [0, 0.05) is 39.3 Å². The summed E-state index contributed by atoms with van der Waals surface area (Å²) in [5, 5.41) is 6.90. The first kappa shape index (κ1) is 24.0. The zero-order valence-electron chi connectivity index (χ0n) is 17.6. The van der Waals surface area contributed by atoms with E-state index < -0.39 is 0 Å². The molecular formula is C21H35IN4O3. The minimum atomic E-state index is 0. The summed E-state index contributed by atoms with van der Waals surface area (Å²) in [5.74, 6) is 1.75. The molecule has 2 aliphatic rings. The van der Waals surface area contributed by atoms with Gasteiger partial charge in [-0.3, -0.25) is 4.99 Å². The normalized spacial score (nSPS) is 22.1. The van der Waals surface area contributed by atoms with Crippen LogP contribution in [0.2, 0.25) is 0 Å². The topological polar surface area (TPSA) is 67.4 Å². The second-order valence-corrected chi connectivity index (χ2v) is 7.31. The van der Waals surface area contributed by atoms with Crippen LogP contribution in [0.3, 0.4) is 0 Å². The first-order valence-corrected chi connectivity index (χ1v) is 10.3. The van der Waals surface area contributed by atoms with Gasteiger partial charge in [0.1, 0.15) is 5.75 Å². The van der Waals surface area contributed by atoms with Crippen molar-refractivity contribution in [3.8, 4) is 5.75 Å². The molecule has 2 unspecified atom stereocenters. The van der Waals surface area contributed by atoms with Gasteiger partial charge >= 0.3 is 0 Å². The third kappa shape index (κ3) is 7.49. The largest absolute Gasteiger partial charge is 0.495 e. The Morgan fingerprint density at radius 3 is 2.90 bits per heavy atom. The van der Waals surface area contributed by atoms with E-state index >= 15 is 0 Å². The molecule has 164 valence electrons. The number of ether oxygens (including phenoxy) is 3. The van der Waals surface area contributed by atoms with Crippen LogP contribution in [0.5, 0.6) is 5.75 Å². The molecule has 2 N–H and O–H groups in total. The number of hydrogen-bond acceptors (Lipinski definition) is 5. The van der Waals surface area contributed by atoms with Crippen molar-refractivity contribution >= 4 is 35.6 Å². The average molecular weight is 518 g/mol. The minimum Gasteiger partial charge on any atom is -0.495 e. The number of hydrogen-bond donors (Lipinski definition) is 2. The summed E-state index contributed by atoms with van der Waals surface area (Å²) < 4.78 is 16.8. The quantitative estimate of drug-likeness (QED) is 0.239. The van der Waals surface area contributed by atoms with E-state index in [1.54, 1.807) is 7.11 Å². The lowest BCUT2D eigenvalue weighted by Crippen LogP contribution is -2.51. The Kier molecular flexibility index (Phi) is 10.9. The molecular weight excluding hydrogens is 483 g/mol. The molecule has 0 bridgehead atoms. The van der Waals surface area contributed by atoms with Crippen LogP contribution in [0.1, 0.15) is 25.7 Å². The molecule has 8 heteroatoms. The Bertz CT molecular complexity index is 626. The number of anilines is 1. The van der Waals surface area contributed by atoms with E-state index in [0.29, 0.717) is 19.3 Å². The fourth-order valence-corrected chi connectivity index (χ4v) is 3.82. The minimum absolute atomic E-state index is 0. The molecule has 2 heterocycles. The highest BCUT2D eigenvalue weighted by Crippen LogP contribution is 2.29. The van der Waals surface area contributed by atoms with Crippen LogP contribution in [0.4, 0.5) is 5.69 Å². The number of benzene rings is 1. The van der Waals surface area contributed by atoms with Crippen molar-refractivity contribution in [3.63, 3.8) is 0 Å². The molecule has 3 rings (SSSR count). The van der Waals surface area contributed by atoms with Gasteiger partial charge < -0.3 is 29.7 Å². The van der Waals surface area contributed by atoms with Gasteiger partial charge in [0.25, 0.3) is 0 Å². The molecule has 0 aromatic heterocycles. The second-order valence-electron chi connectivity index (χ2n) is 7.31. The summed E-state index contributed by atoms with van der Waals surface area (Å²) in [7, 11) is 3.54. The molecule has 2 fully saturated rings. The Morgan fingerprint density at radius 1 is 1.28 bits per heavy atom. The smallest absolute Gasteiger partial charge is 0.191 e. The summed E-state index contributed by atoms with van der Waals surface area (Å²) >= 11 is 0. The lowest BCUT2D eigenvalue weighted by atomic mass is 10.0. The highest BCUT2D eigenvalue weighted by molar-refractivity contribution is 14.0. The van der Waals surface area contributed by atoms with Crippen molar-refractivity contribution in [3.05, 3.63) is 24.3 Å². The van der Waals surface area contributed by atoms with Gasteiger partial charge in [-0.2, -0.15) is 0 Å². The Morgan fingerprint density at radius 2 is 2.14 bits per heavy atom. The van der Waals surface area contributed by atoms with Crippen molar-refractivity contribution in [2.75, 3.05) is 58.5 Å². The third-order valence-electron chi connectivity index (χ3n) is 5.28. The SMILES string of the molecule is CN=C(NCCOCC1CCCO1)NC1CCCN(c2ccccc2OC)C1.I. The molecule has 0 radical (unpaired) electrons. The van der Waals surface area contributed by atoms with Crippen LogP contribution in [-0.4, -0.2) is 71.7 Å². The maximum Gasteiger partial charge on any atom is 0.191 e. The van der Waals surface area contributed by atoms with Crippen molar-refractivity contribution < 1.29 is 14.2 Å². The number of guanidine groups is 1. The van der Waals surface area contributed by atoms with Crippen LogP contribution < -0.4 is 20.3 Å². The third-order valence-corrected chi connectivity index (χ3v) is 5.28. The summed E-state index contributed by atoms with van der Waals surface area (Å²) in [6.07, 6.45) is 4.80. The summed E-state index contributed by atoms with van der Waals surface area (Å²) in [4.78, 5) is 6.75. The highest BCUT2D eigenvalue weighted by atomic mass is 127. The summed E-state index contributed by atoms with van der Waals surface area (Å²) in [5.41, 5.74) is 1.15. The first-order valence-electron chi connectivity index (χ1n) is 10.3. The van der Waals surface area contributed by atoms with Gasteiger partial charge in [-0.15, -0.1) is 24.0 Å². The zero-order chi connectivity index (χ0) is 19.6. The number of halogens is 1. The van der Waals surface area contributed by atoms with Crippen molar-refractivity contribution in [1.29, 1.82) is 0 Å². The van der Waals surface area contributed by atoms with Crippen LogP contribution in [-0.2, 0) is 9.47 Å². The molecule has 0 amide bonds. The van der Waals surface area contributed by atoms with Crippen LogP contribution in [0.15, 0.2) is 29.3 Å². The molecule has 7 nitrogen and oxygen atoms in total. The van der Waals surface area contributed by atoms with Gasteiger partial charge in [0.2, 0.25) is 0 Å². The van der Waals surface area contributed by atoms with E-state index in [0.717, 1.165) is 69.3 Å². The number of piperidine rings is 1. The number of nitrogens with one attached hydrogen (secondary N) is 2. The van der Waals surface area contributed by atoms with E-state index in [2.05, 4.69) is 32.7 Å². The van der Waals surface area contributed by atoms with E-state index in [4.69, 9.17) is 14.2 Å². The number of aliphatic imine (C=N–C) groups is 1. The van der Waals surface area contributed by atoms with E-state index in [1.165, 1.54) is 0 Å². The number of rotatable bonds is 8. The Labute approximate surface area is 191 Å². The fourth-order valence-electron chi connectivity index (χ4n) is 3.82. The molecule has 2 aliphatic heterocycles. The standard InChI is InChI=1S/C21H34N4O3.HI/c1-22-21(23-11-14-27-16-18-8-6-13-28-18)24-17-7-5-12-25(15-17)19-9-3-4-10-20(19)26-2;/h3-4,9-10,17-18H,5-8,11-16H2,1-2H3,(H2,22,23,24);1H. The predicted molar refractivity (Wildman–Crippen MR) is 128 cm³/mol. The monoisotopic (exact) mass is 518 g/mol. The van der Waals surface area contributed by atoms with E-state index in [9.17, 15) is 0 Å². The summed E-state index contributed by atoms with van der Waals surface area (Å²) in [6.45, 7) is 4.91. The Hall–Kier alpha value is -1.26. The van der Waals surface area contributed by atoms with E-state index in [1.807, 2.05) is 19.2 Å². The van der Waals surface area contributed by atoms with Crippen LogP contribution in [0, 0.1) is 0 Å². The van der Waals surface area contributed by atoms with Gasteiger partial charge in [-0.05, 0) is 37.8 Å². The molecule has 0 spiro atoms. The van der Waals surface area contributed by atoms with E-state index in [-0.39, 0.29) is 30.1 Å². The van der Waals surface area contributed by atoms with Crippen molar-refractivity contribution in [2.24, 2.45) is 4.99 Å². The van der Waals surface area contributed by atoms with Crippen LogP contribution >= 0.6 is 24.0 Å². The molecule has 1 aromatic carbocycles. The van der Waals surface area contributed by atoms with Gasteiger partial charge in [0.15, 0.2) is 5.96 Å². The van der Waals surface area contributed by atoms with Crippen molar-refractivity contribution in [2.45, 2.75) is 37.8 Å². The zero-order valence-corrected chi connectivity index (χ0v) is 19.9. The molecule has 0 saturated carbocycles. The first-order chi connectivity index (χ1) is 13.8. The lowest BCUT2D eigenvalue weighted by Gasteiger charge is -2.36. The average Bonchev–Trinajstić information content (AvgIpc) is 3.26. The second kappa shape index (κ2) is 13.1. The highest BCUT2D eigenvalue weighted by Gasteiger charge is 2.22. The molecule has 0 aliphatic carbocycles. The lowest BCUT2D eigenvalue weighted by molar-refractivity contribution is 0.0191. The maximum absolute atomic E-state index is 5.71. The predicted octanol–water partition coefficient (Wildman–Crippen LogP) is 2.64. The summed E-state index contributed by atoms with van der Waals surface area (Å²) in [6, 6.07) is 8.56. The molecule has 2 saturated heterocycles. The number of para-hydroxylation sites is 2. The van der Waals surface area contributed by atoms with Gasteiger partial charge in [-0.1, -0.05) is 12.1 Å². The maximum atomic E-state index is 5.71. The fraction of sp³-hybridized carbons (Fsp3) is 0.667. The molecule has 29 heavy (non-hydrogen) atoms. The molecule has 1 aromatic rings. The number of methoxy groups -OCH3 is 1. The van der Waals surface area contributed by atoms with Crippen molar-refractivity contribution in [1.82, 2.24) is 10.6 Å². The van der Waals surface area contributed by atoms with Crippen LogP contribution in [0.25, 0.3) is 0 Å². The Balaban J connectivity index is 0.00000300. The van der Waals surface area contributed by atoms with Gasteiger partial charge in [0.05, 0.1) is 32.1 Å².